The molecule has 150 valence electrons. The lowest BCUT2D eigenvalue weighted by Crippen LogP contribution is -3.14. The molecule has 1 fully saturated rings. The van der Waals surface area contributed by atoms with Gasteiger partial charge in [-0.05, 0) is 25.7 Å². The Morgan fingerprint density at radius 2 is 1.12 bits per heavy atom. The first-order chi connectivity index (χ1) is 12.3. The zero-order valence-corrected chi connectivity index (χ0v) is 17.5. The highest BCUT2D eigenvalue weighted by molar-refractivity contribution is 4.73. The third-order valence-electron chi connectivity index (χ3n) is 6.29. The van der Waals surface area contributed by atoms with Crippen LogP contribution in [-0.2, 0) is 0 Å². The predicted octanol–water partition coefficient (Wildman–Crippen LogP) is 5.29. The molecule has 1 aliphatic carbocycles. The van der Waals surface area contributed by atoms with Crippen LogP contribution in [0.25, 0.3) is 0 Å². The molecule has 1 aliphatic rings. The maximum atomic E-state index is 10.1. The number of hydrogen-bond acceptors (Lipinski definition) is 1. The number of hydrogen-bond donors (Lipinski definition) is 2. The third-order valence-corrected chi connectivity index (χ3v) is 6.29. The summed E-state index contributed by atoms with van der Waals surface area (Å²) in [6.45, 7) is 3.54. The molecule has 3 unspecified atom stereocenters. The summed E-state index contributed by atoms with van der Waals surface area (Å²) in [5.74, 6) is 0. The molecule has 0 heterocycles. The van der Waals surface area contributed by atoms with Gasteiger partial charge in [0.25, 0.3) is 0 Å². The van der Waals surface area contributed by atoms with Gasteiger partial charge >= 0.3 is 0 Å². The Bertz CT molecular complexity index is 281. The molecule has 2 heteroatoms. The molecule has 0 bridgehead atoms. The van der Waals surface area contributed by atoms with Crippen molar-refractivity contribution < 1.29 is 10.0 Å². The molecule has 2 N–H and O–H groups in total. The average Bonchev–Trinajstić information content (AvgIpc) is 2.62. The number of rotatable bonds is 16. The summed E-state index contributed by atoms with van der Waals surface area (Å²) in [4.78, 5) is 1.58. The standard InChI is InChI=1S/C23H47NO/c1-3-4-5-6-7-8-9-10-11-12-13-14-15-18-21-24(2)22-19-16-17-20-23(22)25/h22-23,25H,3-21H2,1-2H3/p+1. The zero-order valence-electron chi connectivity index (χ0n) is 17.5. The molecular formula is C23H48NO+. The summed E-state index contributed by atoms with van der Waals surface area (Å²) >= 11 is 0. The molecule has 0 aromatic rings. The van der Waals surface area contributed by atoms with Gasteiger partial charge in [-0.25, -0.2) is 0 Å². The molecule has 0 spiro atoms. The summed E-state index contributed by atoms with van der Waals surface area (Å²) in [5.41, 5.74) is 0. The molecule has 0 aromatic carbocycles. The molecule has 2 nitrogen and oxygen atoms in total. The van der Waals surface area contributed by atoms with Gasteiger partial charge in [-0.1, -0.05) is 90.4 Å². The Morgan fingerprint density at radius 3 is 1.60 bits per heavy atom. The minimum Gasteiger partial charge on any atom is -0.387 e. The van der Waals surface area contributed by atoms with Crippen LogP contribution in [0.2, 0.25) is 0 Å². The van der Waals surface area contributed by atoms with Gasteiger partial charge in [0.05, 0.1) is 13.6 Å². The molecule has 0 radical (unpaired) electrons. The second kappa shape index (κ2) is 16.1. The lowest BCUT2D eigenvalue weighted by Gasteiger charge is -2.32. The van der Waals surface area contributed by atoms with E-state index in [4.69, 9.17) is 0 Å². The second-order valence-corrected chi connectivity index (χ2v) is 8.65. The number of unbranched alkanes of at least 4 members (excludes halogenated alkanes) is 13. The van der Waals surface area contributed by atoms with Gasteiger partial charge in [-0.2, -0.15) is 0 Å². The number of aliphatic hydroxyl groups is 1. The topological polar surface area (TPSA) is 24.7 Å². The van der Waals surface area contributed by atoms with Crippen molar-refractivity contribution in [2.45, 2.75) is 135 Å². The van der Waals surface area contributed by atoms with Crippen LogP contribution in [-0.4, -0.2) is 30.8 Å². The molecule has 25 heavy (non-hydrogen) atoms. The van der Waals surface area contributed by atoms with Gasteiger partial charge in [-0.3, -0.25) is 0 Å². The Hall–Kier alpha value is -0.0800. The summed E-state index contributed by atoms with van der Waals surface area (Å²) in [7, 11) is 2.29. The maximum Gasteiger partial charge on any atom is 0.113 e. The Morgan fingerprint density at radius 1 is 0.680 bits per heavy atom. The number of quaternary nitrogens is 1. The van der Waals surface area contributed by atoms with Crippen molar-refractivity contribution in [1.29, 1.82) is 0 Å². The highest BCUT2D eigenvalue weighted by atomic mass is 16.3. The second-order valence-electron chi connectivity index (χ2n) is 8.65. The Balaban J connectivity index is 1.80. The van der Waals surface area contributed by atoms with Gasteiger partial charge in [0.15, 0.2) is 0 Å². The van der Waals surface area contributed by atoms with Crippen LogP contribution in [0.4, 0.5) is 0 Å². The van der Waals surface area contributed by atoms with E-state index in [-0.39, 0.29) is 6.10 Å². The highest BCUT2D eigenvalue weighted by Crippen LogP contribution is 2.16. The Labute approximate surface area is 158 Å². The molecule has 1 rings (SSSR count). The van der Waals surface area contributed by atoms with Crippen LogP contribution >= 0.6 is 0 Å². The fourth-order valence-corrected chi connectivity index (χ4v) is 4.47. The van der Waals surface area contributed by atoms with Gasteiger partial charge in [0.1, 0.15) is 12.1 Å². The molecule has 3 atom stereocenters. The van der Waals surface area contributed by atoms with Crippen molar-refractivity contribution in [3.8, 4) is 0 Å². The molecule has 0 amide bonds. The monoisotopic (exact) mass is 354 g/mol. The normalized spacial score (nSPS) is 22.2. The van der Waals surface area contributed by atoms with Gasteiger partial charge in [0.2, 0.25) is 0 Å². The van der Waals surface area contributed by atoms with Gasteiger partial charge in [-0.15, -0.1) is 0 Å². The average molecular weight is 355 g/mol. The third kappa shape index (κ3) is 12.0. The largest absolute Gasteiger partial charge is 0.387 e. The molecule has 0 aliphatic heterocycles. The van der Waals surface area contributed by atoms with Crippen LogP contribution in [0, 0.1) is 0 Å². The summed E-state index contributed by atoms with van der Waals surface area (Å²) in [6.07, 6.45) is 24.8. The van der Waals surface area contributed by atoms with E-state index in [2.05, 4.69) is 14.0 Å². The SMILES string of the molecule is CCCCCCCCCCCCCCCC[NH+](C)C1CCCCC1O. The zero-order chi connectivity index (χ0) is 18.2. The molecular weight excluding hydrogens is 306 g/mol. The quantitative estimate of drug-likeness (QED) is 0.362. The number of aliphatic hydroxyl groups excluding tert-OH is 1. The van der Waals surface area contributed by atoms with Crippen LogP contribution < -0.4 is 4.90 Å². The first-order valence-corrected chi connectivity index (χ1v) is 11.8. The van der Waals surface area contributed by atoms with Gasteiger partial charge < -0.3 is 10.0 Å². The van der Waals surface area contributed by atoms with Gasteiger partial charge in [0, 0.05) is 6.42 Å². The van der Waals surface area contributed by atoms with E-state index in [1.807, 2.05) is 0 Å². The van der Waals surface area contributed by atoms with Crippen LogP contribution in [0.1, 0.15) is 122 Å². The smallest absolute Gasteiger partial charge is 0.113 e. The van der Waals surface area contributed by atoms with E-state index in [0.717, 1.165) is 6.42 Å². The Kier molecular flexibility index (Phi) is 14.8. The van der Waals surface area contributed by atoms with E-state index < -0.39 is 0 Å². The van der Waals surface area contributed by atoms with E-state index in [1.165, 1.54) is 116 Å². The maximum absolute atomic E-state index is 10.1. The first kappa shape index (κ1) is 23.0. The molecule has 1 saturated carbocycles. The number of nitrogens with one attached hydrogen (secondary N) is 1. The van der Waals surface area contributed by atoms with E-state index in [0.29, 0.717) is 6.04 Å². The van der Waals surface area contributed by atoms with E-state index >= 15 is 0 Å². The predicted molar refractivity (Wildman–Crippen MR) is 110 cm³/mol. The lowest BCUT2D eigenvalue weighted by molar-refractivity contribution is -0.911. The van der Waals surface area contributed by atoms with Crippen molar-refractivity contribution in [2.24, 2.45) is 0 Å². The van der Waals surface area contributed by atoms with E-state index in [9.17, 15) is 5.11 Å². The van der Waals surface area contributed by atoms with Crippen LogP contribution in [0.5, 0.6) is 0 Å². The van der Waals surface area contributed by atoms with Crippen LogP contribution in [0.3, 0.4) is 0 Å². The van der Waals surface area contributed by atoms with Crippen molar-refractivity contribution in [2.75, 3.05) is 13.6 Å². The molecule has 0 aromatic heterocycles. The molecule has 0 saturated heterocycles. The minimum absolute atomic E-state index is 0.0413. The first-order valence-electron chi connectivity index (χ1n) is 11.8. The highest BCUT2D eigenvalue weighted by Gasteiger charge is 2.29. The lowest BCUT2D eigenvalue weighted by atomic mass is 9.91. The fraction of sp³-hybridized carbons (Fsp3) is 1.00. The van der Waals surface area contributed by atoms with Crippen molar-refractivity contribution in [3.05, 3.63) is 0 Å². The number of likely N-dealkylation sites (N-methyl/N-ethyl adjacent to an activating group) is 1. The van der Waals surface area contributed by atoms with E-state index in [1.54, 1.807) is 4.90 Å². The van der Waals surface area contributed by atoms with Crippen molar-refractivity contribution >= 4 is 0 Å². The summed E-state index contributed by atoms with van der Waals surface area (Å²) in [5, 5.41) is 10.1. The summed E-state index contributed by atoms with van der Waals surface area (Å²) in [6, 6.07) is 0.510. The van der Waals surface area contributed by atoms with Crippen molar-refractivity contribution in [1.82, 2.24) is 0 Å². The van der Waals surface area contributed by atoms with Crippen molar-refractivity contribution in [3.63, 3.8) is 0 Å². The fourth-order valence-electron chi connectivity index (χ4n) is 4.47. The van der Waals surface area contributed by atoms with Crippen LogP contribution in [0.15, 0.2) is 0 Å². The minimum atomic E-state index is -0.0413. The summed E-state index contributed by atoms with van der Waals surface area (Å²) < 4.78 is 0.